The van der Waals surface area contributed by atoms with Crippen LogP contribution in [0, 0.1) is 5.92 Å². The second-order valence-corrected chi connectivity index (χ2v) is 5.24. The van der Waals surface area contributed by atoms with Crippen LogP contribution < -0.4 is 5.73 Å². The number of nitrogens with two attached hydrogens (primary N) is 1. The van der Waals surface area contributed by atoms with Crippen molar-refractivity contribution >= 4 is 5.91 Å². The minimum absolute atomic E-state index is 0.160. The lowest BCUT2D eigenvalue weighted by atomic mass is 9.95. The molecule has 1 rings (SSSR count). The van der Waals surface area contributed by atoms with E-state index in [1.54, 1.807) is 0 Å². The van der Waals surface area contributed by atoms with Crippen LogP contribution in [0.3, 0.4) is 0 Å². The van der Waals surface area contributed by atoms with Crippen molar-refractivity contribution in [2.75, 3.05) is 6.54 Å². The third-order valence-corrected chi connectivity index (χ3v) is 3.54. The highest BCUT2D eigenvalue weighted by Crippen LogP contribution is 2.22. The van der Waals surface area contributed by atoms with Gasteiger partial charge in [0.2, 0.25) is 5.91 Å². The molecule has 2 atom stereocenters. The van der Waals surface area contributed by atoms with Gasteiger partial charge in [-0.1, -0.05) is 27.2 Å². The Morgan fingerprint density at radius 2 is 2.12 bits per heavy atom. The van der Waals surface area contributed by atoms with E-state index in [2.05, 4.69) is 6.92 Å². The van der Waals surface area contributed by atoms with E-state index in [0.29, 0.717) is 6.04 Å². The number of carbonyl (C=O) groups excluding carboxylic acids is 1. The van der Waals surface area contributed by atoms with Gasteiger partial charge in [0, 0.05) is 12.6 Å². The van der Waals surface area contributed by atoms with E-state index < -0.39 is 0 Å². The van der Waals surface area contributed by atoms with Crippen LogP contribution in [0.5, 0.6) is 0 Å². The SMILES string of the molecule is CCCC1CCCCN1C(=O)[C@@H](N)C(C)C. The van der Waals surface area contributed by atoms with Gasteiger partial charge in [0.05, 0.1) is 6.04 Å². The van der Waals surface area contributed by atoms with Crippen LogP contribution >= 0.6 is 0 Å². The van der Waals surface area contributed by atoms with Crippen molar-refractivity contribution in [1.29, 1.82) is 0 Å². The number of carbonyl (C=O) groups is 1. The Balaban J connectivity index is 2.63. The lowest BCUT2D eigenvalue weighted by molar-refractivity contribution is -0.137. The van der Waals surface area contributed by atoms with E-state index in [1.807, 2.05) is 18.7 Å². The highest BCUT2D eigenvalue weighted by molar-refractivity contribution is 5.82. The van der Waals surface area contributed by atoms with Gasteiger partial charge in [0.15, 0.2) is 0 Å². The molecule has 0 aromatic carbocycles. The Bertz CT molecular complexity index is 226. The maximum absolute atomic E-state index is 12.2. The van der Waals surface area contributed by atoms with Crippen LogP contribution in [-0.2, 0) is 4.79 Å². The Morgan fingerprint density at radius 1 is 1.44 bits per heavy atom. The molecule has 0 radical (unpaired) electrons. The van der Waals surface area contributed by atoms with Crippen LogP contribution in [0.1, 0.15) is 52.9 Å². The summed E-state index contributed by atoms with van der Waals surface area (Å²) in [5, 5.41) is 0. The molecule has 0 aliphatic carbocycles. The standard InChI is InChI=1S/C13H26N2O/c1-4-7-11-8-5-6-9-15(11)13(16)12(14)10(2)3/h10-12H,4-9,14H2,1-3H3/t11?,12-/m0/s1. The molecule has 3 heteroatoms. The van der Waals surface area contributed by atoms with E-state index in [-0.39, 0.29) is 17.9 Å². The summed E-state index contributed by atoms with van der Waals surface area (Å²) in [7, 11) is 0. The van der Waals surface area contributed by atoms with E-state index in [1.165, 1.54) is 6.42 Å². The molecule has 0 bridgehead atoms. The maximum atomic E-state index is 12.2. The molecule has 1 aliphatic rings. The van der Waals surface area contributed by atoms with Gasteiger partial charge in [-0.2, -0.15) is 0 Å². The minimum atomic E-state index is -0.322. The summed E-state index contributed by atoms with van der Waals surface area (Å²) in [5.41, 5.74) is 5.96. The van der Waals surface area contributed by atoms with Crippen molar-refractivity contribution in [2.45, 2.75) is 65.0 Å². The summed E-state index contributed by atoms with van der Waals surface area (Å²) >= 11 is 0. The number of hydrogen-bond donors (Lipinski definition) is 1. The largest absolute Gasteiger partial charge is 0.338 e. The Kier molecular flexibility index (Phi) is 5.26. The first-order valence-electron chi connectivity index (χ1n) is 6.64. The predicted octanol–water partition coefficient (Wildman–Crippen LogP) is 2.15. The van der Waals surface area contributed by atoms with E-state index in [0.717, 1.165) is 32.2 Å². The normalized spacial score (nSPS) is 23.6. The third-order valence-electron chi connectivity index (χ3n) is 3.54. The molecule has 2 N–H and O–H groups in total. The van der Waals surface area contributed by atoms with Crippen molar-refractivity contribution in [3.63, 3.8) is 0 Å². The zero-order chi connectivity index (χ0) is 12.1. The lowest BCUT2D eigenvalue weighted by Crippen LogP contribution is -2.52. The highest BCUT2D eigenvalue weighted by atomic mass is 16.2. The van der Waals surface area contributed by atoms with Crippen LogP contribution in [0.15, 0.2) is 0 Å². The molecule has 1 aliphatic heterocycles. The zero-order valence-electron chi connectivity index (χ0n) is 10.9. The topological polar surface area (TPSA) is 46.3 Å². The smallest absolute Gasteiger partial charge is 0.239 e. The van der Waals surface area contributed by atoms with Crippen molar-refractivity contribution in [3.8, 4) is 0 Å². The van der Waals surface area contributed by atoms with Crippen molar-refractivity contribution in [1.82, 2.24) is 4.90 Å². The Hall–Kier alpha value is -0.570. The predicted molar refractivity (Wildman–Crippen MR) is 67.1 cm³/mol. The van der Waals surface area contributed by atoms with Crippen LogP contribution in [0.4, 0.5) is 0 Å². The molecule has 0 saturated carbocycles. The number of nitrogens with zero attached hydrogens (tertiary/aromatic N) is 1. The van der Waals surface area contributed by atoms with Crippen molar-refractivity contribution in [2.24, 2.45) is 11.7 Å². The van der Waals surface area contributed by atoms with Gasteiger partial charge in [-0.05, 0) is 31.6 Å². The molecule has 1 fully saturated rings. The first-order chi connectivity index (χ1) is 7.57. The first-order valence-corrected chi connectivity index (χ1v) is 6.64. The van der Waals surface area contributed by atoms with Crippen LogP contribution in [0.25, 0.3) is 0 Å². The monoisotopic (exact) mass is 226 g/mol. The second kappa shape index (κ2) is 6.24. The molecule has 0 spiro atoms. The molecular formula is C13H26N2O. The quantitative estimate of drug-likeness (QED) is 0.798. The maximum Gasteiger partial charge on any atom is 0.239 e. The fourth-order valence-corrected chi connectivity index (χ4v) is 2.40. The molecule has 94 valence electrons. The van der Waals surface area contributed by atoms with Gasteiger partial charge in [0.1, 0.15) is 0 Å². The number of piperidine rings is 1. The average molecular weight is 226 g/mol. The van der Waals surface area contributed by atoms with Crippen molar-refractivity contribution < 1.29 is 4.79 Å². The fraction of sp³-hybridized carbons (Fsp3) is 0.923. The van der Waals surface area contributed by atoms with Gasteiger partial charge in [-0.25, -0.2) is 0 Å². The summed E-state index contributed by atoms with van der Waals surface area (Å²) < 4.78 is 0. The summed E-state index contributed by atoms with van der Waals surface area (Å²) in [6.45, 7) is 7.12. The van der Waals surface area contributed by atoms with E-state index in [4.69, 9.17) is 5.73 Å². The molecule has 0 aromatic rings. The highest BCUT2D eigenvalue weighted by Gasteiger charge is 2.30. The molecule has 16 heavy (non-hydrogen) atoms. The average Bonchev–Trinajstić information content (AvgIpc) is 2.28. The van der Waals surface area contributed by atoms with Crippen molar-refractivity contribution in [3.05, 3.63) is 0 Å². The number of rotatable bonds is 4. The van der Waals surface area contributed by atoms with Crippen LogP contribution in [0.2, 0.25) is 0 Å². The Morgan fingerprint density at radius 3 is 2.69 bits per heavy atom. The molecule has 1 heterocycles. The number of hydrogen-bond acceptors (Lipinski definition) is 2. The first kappa shape index (κ1) is 13.5. The van der Waals surface area contributed by atoms with Gasteiger partial charge in [-0.15, -0.1) is 0 Å². The minimum Gasteiger partial charge on any atom is -0.338 e. The van der Waals surface area contributed by atoms with Gasteiger partial charge in [-0.3, -0.25) is 4.79 Å². The summed E-state index contributed by atoms with van der Waals surface area (Å²) in [6.07, 6.45) is 5.81. The molecule has 1 amide bonds. The summed E-state index contributed by atoms with van der Waals surface area (Å²) in [4.78, 5) is 14.3. The van der Waals surface area contributed by atoms with Gasteiger partial charge < -0.3 is 10.6 Å². The number of amides is 1. The van der Waals surface area contributed by atoms with Crippen LogP contribution in [-0.4, -0.2) is 29.4 Å². The third kappa shape index (κ3) is 3.21. The molecular weight excluding hydrogens is 200 g/mol. The second-order valence-electron chi connectivity index (χ2n) is 5.24. The van der Waals surface area contributed by atoms with Gasteiger partial charge >= 0.3 is 0 Å². The molecule has 3 nitrogen and oxygen atoms in total. The van der Waals surface area contributed by atoms with E-state index in [9.17, 15) is 4.79 Å². The Labute approximate surface area is 99.4 Å². The summed E-state index contributed by atoms with van der Waals surface area (Å²) in [5.74, 6) is 0.393. The zero-order valence-corrected chi connectivity index (χ0v) is 10.9. The molecule has 1 unspecified atom stereocenters. The molecule has 1 saturated heterocycles. The molecule has 0 aromatic heterocycles. The van der Waals surface area contributed by atoms with Gasteiger partial charge in [0.25, 0.3) is 0 Å². The fourth-order valence-electron chi connectivity index (χ4n) is 2.40. The lowest BCUT2D eigenvalue weighted by Gasteiger charge is -2.38. The summed E-state index contributed by atoms with van der Waals surface area (Å²) in [6, 6.07) is 0.119. The number of likely N-dealkylation sites (tertiary alicyclic amines) is 1. The van der Waals surface area contributed by atoms with E-state index >= 15 is 0 Å².